The summed E-state index contributed by atoms with van der Waals surface area (Å²) in [5.41, 5.74) is 2.79. The molecule has 1 aliphatic heterocycles. The number of carbonyl (C=O) groups is 1. The lowest BCUT2D eigenvalue weighted by atomic mass is 10.1. The van der Waals surface area contributed by atoms with Gasteiger partial charge in [0, 0.05) is 16.4 Å². The fourth-order valence-electron chi connectivity index (χ4n) is 2.42. The van der Waals surface area contributed by atoms with Gasteiger partial charge in [-0.3, -0.25) is 0 Å². The Morgan fingerprint density at radius 3 is 2.82 bits per heavy atom. The van der Waals surface area contributed by atoms with E-state index in [-0.39, 0.29) is 0 Å². The van der Waals surface area contributed by atoms with Crippen LogP contribution in [0.4, 0.5) is 4.79 Å². The van der Waals surface area contributed by atoms with Crippen molar-refractivity contribution in [1.82, 2.24) is 5.32 Å². The van der Waals surface area contributed by atoms with Crippen molar-refractivity contribution in [3.8, 4) is 0 Å². The molecule has 3 rings (SSSR count). The third-order valence-corrected chi connectivity index (χ3v) is 4.19. The van der Waals surface area contributed by atoms with Gasteiger partial charge in [-0.05, 0) is 34.2 Å². The topological polar surface area (TPSA) is 74.0 Å². The van der Waals surface area contributed by atoms with E-state index < -0.39 is 12.1 Å². The first kappa shape index (κ1) is 15.0. The molecule has 1 aromatic rings. The summed E-state index contributed by atoms with van der Waals surface area (Å²) >= 11 is 2.25. The molecule has 1 aromatic carbocycles. The average molecular weight is 407 g/mol. The smallest absolute Gasteiger partial charge is 0.405 e. The Balaban J connectivity index is 1.85. The number of amidine groups is 1. The highest BCUT2D eigenvalue weighted by Gasteiger charge is 2.26. The van der Waals surface area contributed by atoms with E-state index in [1.54, 1.807) is 0 Å². The van der Waals surface area contributed by atoms with E-state index >= 15 is 0 Å². The zero-order chi connectivity index (χ0) is 15.5. The third kappa shape index (κ3) is 3.44. The minimum Gasteiger partial charge on any atom is -0.465 e. The zero-order valence-electron chi connectivity index (χ0n) is 11.7. The van der Waals surface area contributed by atoms with E-state index in [9.17, 15) is 4.79 Å². The van der Waals surface area contributed by atoms with E-state index in [1.165, 1.54) is 0 Å². The number of benzene rings is 1. The van der Waals surface area contributed by atoms with Crippen LogP contribution in [0, 0.1) is 0 Å². The monoisotopic (exact) mass is 407 g/mol. The van der Waals surface area contributed by atoms with Gasteiger partial charge in [-0.25, -0.2) is 14.8 Å². The summed E-state index contributed by atoms with van der Waals surface area (Å²) in [6, 6.07) is 9.29. The van der Waals surface area contributed by atoms with Gasteiger partial charge in [0.15, 0.2) is 5.84 Å². The Kier molecular flexibility index (Phi) is 4.37. The van der Waals surface area contributed by atoms with Gasteiger partial charge in [0.25, 0.3) is 0 Å². The van der Waals surface area contributed by atoms with Crippen molar-refractivity contribution in [3.05, 3.63) is 57.3 Å². The summed E-state index contributed by atoms with van der Waals surface area (Å²) in [5.74, 6) is 0.534. The lowest BCUT2D eigenvalue weighted by Gasteiger charge is -2.15. The number of rotatable bonds is 4. The van der Waals surface area contributed by atoms with E-state index in [2.05, 4.69) is 44.0 Å². The molecule has 0 fully saturated rings. The standard InChI is InChI=1S/C16H14IN3O2/c17-11-6-7-12-13(9-11)19-15(18-12)14(20-16(21)22)8-10-4-2-1-3-5-10/h1-6,9,14,20H,7-8H2,(H,21,22)/t14-/m0/s1. The van der Waals surface area contributed by atoms with Gasteiger partial charge in [-0.15, -0.1) is 0 Å². The molecular weight excluding hydrogens is 393 g/mol. The van der Waals surface area contributed by atoms with Crippen LogP contribution >= 0.6 is 22.6 Å². The number of carboxylic acid groups (broad SMARTS) is 1. The number of aliphatic imine (C=N–C) groups is 2. The van der Waals surface area contributed by atoms with Crippen LogP contribution in [-0.4, -0.2) is 28.8 Å². The predicted octanol–water partition coefficient (Wildman–Crippen LogP) is 3.32. The fraction of sp³-hybridized carbons (Fsp3) is 0.188. The first-order chi connectivity index (χ1) is 10.6. The molecule has 1 heterocycles. The summed E-state index contributed by atoms with van der Waals surface area (Å²) in [6.07, 6.45) is 4.25. The maximum atomic E-state index is 11.1. The molecule has 112 valence electrons. The highest BCUT2D eigenvalue weighted by atomic mass is 127. The highest BCUT2D eigenvalue weighted by Crippen LogP contribution is 2.25. The van der Waals surface area contributed by atoms with Crippen molar-refractivity contribution in [2.75, 3.05) is 0 Å². The first-order valence-electron chi connectivity index (χ1n) is 6.89. The molecule has 0 bridgehead atoms. The second kappa shape index (κ2) is 6.43. The molecule has 0 radical (unpaired) electrons. The van der Waals surface area contributed by atoms with Gasteiger partial charge in [0.2, 0.25) is 0 Å². The lowest BCUT2D eigenvalue weighted by molar-refractivity contribution is 0.192. The van der Waals surface area contributed by atoms with E-state index in [0.717, 1.165) is 27.0 Å². The van der Waals surface area contributed by atoms with Gasteiger partial charge in [-0.2, -0.15) is 0 Å². The SMILES string of the molecule is O=C(O)N[C@@H](Cc1ccccc1)C1=NC2=CC(I)=CCC2=N1. The molecule has 0 saturated heterocycles. The Hall–Kier alpha value is -1.96. The summed E-state index contributed by atoms with van der Waals surface area (Å²) < 4.78 is 1.13. The molecule has 1 amide bonds. The number of hydrogen-bond acceptors (Lipinski definition) is 3. The van der Waals surface area contributed by atoms with Crippen molar-refractivity contribution in [2.24, 2.45) is 9.98 Å². The van der Waals surface area contributed by atoms with Crippen LogP contribution in [0.5, 0.6) is 0 Å². The van der Waals surface area contributed by atoms with Gasteiger partial charge in [0.05, 0.1) is 17.5 Å². The Morgan fingerprint density at radius 2 is 2.09 bits per heavy atom. The third-order valence-electron chi connectivity index (χ3n) is 3.44. The van der Waals surface area contributed by atoms with Crippen LogP contribution in [0.1, 0.15) is 12.0 Å². The summed E-state index contributed by atoms with van der Waals surface area (Å²) in [7, 11) is 0. The number of nitrogens with zero attached hydrogens (tertiary/aromatic N) is 2. The van der Waals surface area contributed by atoms with Crippen LogP contribution in [-0.2, 0) is 6.42 Å². The molecule has 0 saturated carbocycles. The maximum absolute atomic E-state index is 11.1. The summed E-state index contributed by atoms with van der Waals surface area (Å²) in [5, 5.41) is 11.6. The second-order valence-corrected chi connectivity index (χ2v) is 6.29. The summed E-state index contributed by atoms with van der Waals surface area (Å²) in [6.45, 7) is 0. The van der Waals surface area contributed by atoms with Crippen molar-refractivity contribution >= 4 is 40.2 Å². The summed E-state index contributed by atoms with van der Waals surface area (Å²) in [4.78, 5) is 20.1. The molecule has 6 heteroatoms. The molecule has 0 aromatic heterocycles. The van der Waals surface area contributed by atoms with Gasteiger partial charge in [0.1, 0.15) is 0 Å². The number of hydrogen-bond donors (Lipinski definition) is 2. The quantitative estimate of drug-likeness (QED) is 0.752. The van der Waals surface area contributed by atoms with E-state index in [4.69, 9.17) is 5.11 Å². The normalized spacial score (nSPS) is 17.7. The fourth-order valence-corrected chi connectivity index (χ4v) is 2.93. The largest absolute Gasteiger partial charge is 0.465 e. The molecule has 0 unspecified atom stereocenters. The van der Waals surface area contributed by atoms with Crippen molar-refractivity contribution < 1.29 is 9.90 Å². The average Bonchev–Trinajstić information content (AvgIpc) is 2.90. The Morgan fingerprint density at radius 1 is 1.32 bits per heavy atom. The van der Waals surface area contributed by atoms with Gasteiger partial charge < -0.3 is 10.4 Å². The molecule has 0 spiro atoms. The maximum Gasteiger partial charge on any atom is 0.405 e. The first-order valence-corrected chi connectivity index (χ1v) is 7.97. The zero-order valence-corrected chi connectivity index (χ0v) is 13.8. The minimum absolute atomic E-state index is 0.448. The Bertz CT molecular complexity index is 720. The minimum atomic E-state index is -1.07. The molecule has 1 aliphatic carbocycles. The molecule has 2 N–H and O–H groups in total. The number of halogens is 1. The highest BCUT2D eigenvalue weighted by molar-refractivity contribution is 14.1. The van der Waals surface area contributed by atoms with Crippen molar-refractivity contribution in [1.29, 1.82) is 0 Å². The van der Waals surface area contributed by atoms with E-state index in [0.29, 0.717) is 12.3 Å². The number of fused-ring (bicyclic) bond motifs is 1. The van der Waals surface area contributed by atoms with Crippen LogP contribution < -0.4 is 5.32 Å². The number of amides is 1. The number of allylic oxidation sites excluding steroid dienone is 4. The van der Waals surface area contributed by atoms with Crippen molar-refractivity contribution in [3.63, 3.8) is 0 Å². The molecule has 1 atom stereocenters. The van der Waals surface area contributed by atoms with Crippen LogP contribution in [0.15, 0.2) is 61.7 Å². The lowest BCUT2D eigenvalue weighted by Crippen LogP contribution is -2.40. The van der Waals surface area contributed by atoms with Crippen molar-refractivity contribution in [2.45, 2.75) is 18.9 Å². The van der Waals surface area contributed by atoms with Crippen LogP contribution in [0.2, 0.25) is 0 Å². The molecule has 2 aliphatic rings. The Labute approximate surface area is 141 Å². The van der Waals surface area contributed by atoms with Crippen LogP contribution in [0.3, 0.4) is 0 Å². The second-order valence-electron chi connectivity index (χ2n) is 5.04. The molecule has 22 heavy (non-hydrogen) atoms. The van der Waals surface area contributed by atoms with E-state index in [1.807, 2.05) is 36.4 Å². The van der Waals surface area contributed by atoms with Gasteiger partial charge >= 0.3 is 6.09 Å². The molecular formula is C16H14IN3O2. The number of nitrogens with one attached hydrogen (secondary N) is 1. The van der Waals surface area contributed by atoms with Gasteiger partial charge in [-0.1, -0.05) is 36.4 Å². The predicted molar refractivity (Wildman–Crippen MR) is 94.8 cm³/mol. The molecule has 5 nitrogen and oxygen atoms in total. The van der Waals surface area contributed by atoms with Crippen LogP contribution in [0.25, 0.3) is 0 Å².